The average Bonchev–Trinajstić information content (AvgIpc) is 2.58. The molecule has 20 heavy (non-hydrogen) atoms. The average molecular weight is 281 g/mol. The first-order chi connectivity index (χ1) is 9.60. The minimum absolute atomic E-state index is 0.218. The molecule has 3 aliphatic rings. The van der Waals surface area contributed by atoms with E-state index in [4.69, 9.17) is 10.5 Å². The summed E-state index contributed by atoms with van der Waals surface area (Å²) in [5.41, 5.74) is 6.94. The molecule has 2 heterocycles. The Bertz CT molecular complexity index is 332. The molecule has 1 aliphatic carbocycles. The van der Waals surface area contributed by atoms with Gasteiger partial charge in [0.15, 0.2) is 0 Å². The first-order valence-electron chi connectivity index (χ1n) is 8.38. The fraction of sp³-hybridized carbons (Fsp3) is 1.00. The quantitative estimate of drug-likeness (QED) is 0.828. The van der Waals surface area contributed by atoms with Crippen molar-refractivity contribution in [2.75, 3.05) is 40.3 Å². The van der Waals surface area contributed by atoms with E-state index in [9.17, 15) is 0 Å². The van der Waals surface area contributed by atoms with Gasteiger partial charge < -0.3 is 20.3 Å². The lowest BCUT2D eigenvalue weighted by Gasteiger charge is -2.49. The summed E-state index contributed by atoms with van der Waals surface area (Å²) in [4.78, 5) is 4.95. The molecule has 2 N–H and O–H groups in total. The van der Waals surface area contributed by atoms with Crippen LogP contribution in [-0.4, -0.2) is 67.8 Å². The highest BCUT2D eigenvalue weighted by Crippen LogP contribution is 2.45. The van der Waals surface area contributed by atoms with Crippen molar-refractivity contribution in [1.82, 2.24) is 9.80 Å². The van der Waals surface area contributed by atoms with Crippen LogP contribution >= 0.6 is 0 Å². The molecule has 1 spiro atoms. The third-order valence-electron chi connectivity index (χ3n) is 5.90. The van der Waals surface area contributed by atoms with Crippen LogP contribution in [0, 0.1) is 5.92 Å². The molecule has 0 radical (unpaired) electrons. The van der Waals surface area contributed by atoms with Crippen LogP contribution in [0.4, 0.5) is 0 Å². The fourth-order valence-electron chi connectivity index (χ4n) is 4.35. The van der Waals surface area contributed by atoms with Crippen molar-refractivity contribution >= 4 is 0 Å². The molecule has 3 atom stereocenters. The highest BCUT2D eigenvalue weighted by molar-refractivity contribution is 4.99. The van der Waals surface area contributed by atoms with E-state index < -0.39 is 0 Å². The monoisotopic (exact) mass is 281 g/mol. The van der Waals surface area contributed by atoms with Crippen LogP contribution < -0.4 is 5.73 Å². The summed E-state index contributed by atoms with van der Waals surface area (Å²) in [5, 5.41) is 0. The summed E-state index contributed by atoms with van der Waals surface area (Å²) in [6.45, 7) is 4.41. The van der Waals surface area contributed by atoms with Crippen LogP contribution in [0.5, 0.6) is 0 Å². The van der Waals surface area contributed by atoms with E-state index in [1.54, 1.807) is 0 Å². The third-order valence-corrected chi connectivity index (χ3v) is 5.90. The van der Waals surface area contributed by atoms with Crippen LogP contribution in [0.25, 0.3) is 0 Å². The largest absolute Gasteiger partial charge is 0.375 e. The van der Waals surface area contributed by atoms with Gasteiger partial charge >= 0.3 is 0 Å². The van der Waals surface area contributed by atoms with E-state index in [0.29, 0.717) is 18.0 Å². The zero-order valence-electron chi connectivity index (χ0n) is 13.2. The first kappa shape index (κ1) is 14.8. The molecule has 2 saturated heterocycles. The SMILES string of the molecule is CN1CCCN(C)C(C(N)C2CCOC3(CCC3)C2)C1. The lowest BCUT2D eigenvalue weighted by Crippen LogP contribution is -2.57. The lowest BCUT2D eigenvalue weighted by molar-refractivity contribution is -0.148. The van der Waals surface area contributed by atoms with Crippen molar-refractivity contribution in [2.45, 2.75) is 56.2 Å². The molecule has 3 rings (SSSR count). The molecule has 1 saturated carbocycles. The van der Waals surface area contributed by atoms with Gasteiger partial charge in [-0.3, -0.25) is 0 Å². The Hall–Kier alpha value is -0.160. The Labute approximate surface area is 123 Å². The van der Waals surface area contributed by atoms with Gasteiger partial charge in [0.25, 0.3) is 0 Å². The molecule has 4 nitrogen and oxygen atoms in total. The van der Waals surface area contributed by atoms with Crippen molar-refractivity contribution in [3.63, 3.8) is 0 Å². The van der Waals surface area contributed by atoms with Gasteiger partial charge in [0.2, 0.25) is 0 Å². The second-order valence-electron chi connectivity index (χ2n) is 7.38. The molecule has 0 bridgehead atoms. The third kappa shape index (κ3) is 2.89. The number of nitrogens with two attached hydrogens (primary N) is 1. The highest BCUT2D eigenvalue weighted by atomic mass is 16.5. The van der Waals surface area contributed by atoms with Crippen molar-refractivity contribution in [1.29, 1.82) is 0 Å². The van der Waals surface area contributed by atoms with E-state index in [1.165, 1.54) is 45.2 Å². The van der Waals surface area contributed by atoms with Crippen molar-refractivity contribution in [3.05, 3.63) is 0 Å². The van der Waals surface area contributed by atoms with Gasteiger partial charge in [0.1, 0.15) is 0 Å². The zero-order chi connectivity index (χ0) is 14.2. The van der Waals surface area contributed by atoms with Gasteiger partial charge in [0, 0.05) is 25.2 Å². The highest BCUT2D eigenvalue weighted by Gasteiger charge is 2.45. The Kier molecular flexibility index (Phi) is 4.37. The van der Waals surface area contributed by atoms with Crippen molar-refractivity contribution in [3.8, 4) is 0 Å². The molecular formula is C16H31N3O. The fourth-order valence-corrected chi connectivity index (χ4v) is 4.35. The Morgan fingerprint density at radius 2 is 2.00 bits per heavy atom. The molecule has 4 heteroatoms. The molecule has 0 amide bonds. The maximum Gasteiger partial charge on any atom is 0.0685 e. The minimum Gasteiger partial charge on any atom is -0.375 e. The van der Waals surface area contributed by atoms with Crippen LogP contribution in [0.3, 0.4) is 0 Å². The van der Waals surface area contributed by atoms with E-state index in [1.807, 2.05) is 0 Å². The molecule has 3 unspecified atom stereocenters. The lowest BCUT2D eigenvalue weighted by atomic mass is 9.69. The standard InChI is InChI=1S/C16H31N3O/c1-18-8-4-9-19(2)14(12-18)15(17)13-5-10-20-16(11-13)6-3-7-16/h13-15H,3-12,17H2,1-2H3. The van der Waals surface area contributed by atoms with Gasteiger partial charge in [-0.15, -0.1) is 0 Å². The Morgan fingerprint density at radius 1 is 1.20 bits per heavy atom. The summed E-state index contributed by atoms with van der Waals surface area (Å²) < 4.78 is 6.06. The van der Waals surface area contributed by atoms with Gasteiger partial charge in [-0.25, -0.2) is 0 Å². The van der Waals surface area contributed by atoms with Gasteiger partial charge in [-0.2, -0.15) is 0 Å². The number of rotatable bonds is 2. The first-order valence-corrected chi connectivity index (χ1v) is 8.38. The van der Waals surface area contributed by atoms with Crippen LogP contribution in [0.1, 0.15) is 38.5 Å². The second-order valence-corrected chi connectivity index (χ2v) is 7.38. The number of hydrogen-bond acceptors (Lipinski definition) is 4. The maximum absolute atomic E-state index is 6.72. The van der Waals surface area contributed by atoms with E-state index >= 15 is 0 Å². The summed E-state index contributed by atoms with van der Waals surface area (Å²) in [6, 6.07) is 0.796. The normalized spacial score (nSPS) is 37.4. The van der Waals surface area contributed by atoms with E-state index in [-0.39, 0.29) is 5.60 Å². The molecule has 0 aromatic carbocycles. The molecule has 0 aromatic heterocycles. The number of likely N-dealkylation sites (N-methyl/N-ethyl adjacent to an activating group) is 2. The van der Waals surface area contributed by atoms with Gasteiger partial charge in [-0.1, -0.05) is 0 Å². The predicted molar refractivity (Wildman–Crippen MR) is 81.8 cm³/mol. The summed E-state index contributed by atoms with van der Waals surface area (Å²) >= 11 is 0. The Morgan fingerprint density at radius 3 is 2.70 bits per heavy atom. The number of hydrogen-bond donors (Lipinski definition) is 1. The predicted octanol–water partition coefficient (Wildman–Crippen LogP) is 1.30. The van der Waals surface area contributed by atoms with Crippen LogP contribution in [-0.2, 0) is 4.74 Å². The number of ether oxygens (including phenoxy) is 1. The minimum atomic E-state index is 0.218. The van der Waals surface area contributed by atoms with Crippen molar-refractivity contribution in [2.24, 2.45) is 11.7 Å². The smallest absolute Gasteiger partial charge is 0.0685 e. The van der Waals surface area contributed by atoms with E-state index in [2.05, 4.69) is 23.9 Å². The number of nitrogens with zero attached hydrogens (tertiary/aromatic N) is 2. The molecule has 116 valence electrons. The second kappa shape index (κ2) is 5.91. The summed E-state index contributed by atoms with van der Waals surface area (Å²) in [6.07, 6.45) is 7.47. The zero-order valence-corrected chi connectivity index (χ0v) is 13.2. The van der Waals surface area contributed by atoms with Crippen LogP contribution in [0.2, 0.25) is 0 Å². The summed E-state index contributed by atoms with van der Waals surface area (Å²) in [5.74, 6) is 0.642. The molecule has 2 aliphatic heterocycles. The molecule has 0 aromatic rings. The molecular weight excluding hydrogens is 250 g/mol. The maximum atomic E-state index is 6.72. The van der Waals surface area contributed by atoms with Gasteiger partial charge in [0.05, 0.1) is 5.60 Å². The topological polar surface area (TPSA) is 41.7 Å². The Balaban J connectivity index is 1.65. The van der Waals surface area contributed by atoms with Crippen molar-refractivity contribution < 1.29 is 4.74 Å². The summed E-state index contributed by atoms with van der Waals surface area (Å²) in [7, 11) is 4.48. The van der Waals surface area contributed by atoms with E-state index in [0.717, 1.165) is 19.6 Å². The van der Waals surface area contributed by atoms with Gasteiger partial charge in [-0.05, 0) is 71.6 Å². The molecule has 3 fully saturated rings. The van der Waals surface area contributed by atoms with Crippen LogP contribution in [0.15, 0.2) is 0 Å².